The monoisotopic (exact) mass is 470 g/mol. The van der Waals surface area contributed by atoms with E-state index in [1.54, 1.807) is 30.3 Å². The van der Waals surface area contributed by atoms with Crippen LogP contribution in [0.4, 0.5) is 13.2 Å². The summed E-state index contributed by atoms with van der Waals surface area (Å²) >= 11 is 0. The number of carbonyl (C=O) groups excluding carboxylic acids is 2. The lowest BCUT2D eigenvalue weighted by Gasteiger charge is -2.30. The van der Waals surface area contributed by atoms with E-state index in [0.29, 0.717) is 11.6 Å². The first-order chi connectivity index (χ1) is 15.0. The number of nitrogens with zero attached hydrogens (tertiary/aromatic N) is 1. The van der Waals surface area contributed by atoms with Crippen molar-refractivity contribution in [2.75, 3.05) is 13.1 Å². The van der Waals surface area contributed by atoms with Crippen molar-refractivity contribution in [1.29, 1.82) is 0 Å². The number of alkyl halides is 3. The summed E-state index contributed by atoms with van der Waals surface area (Å²) in [6, 6.07) is 11.8. The van der Waals surface area contributed by atoms with Crippen LogP contribution in [0.3, 0.4) is 0 Å². The number of nitrogens with two attached hydrogens (primary N) is 1. The van der Waals surface area contributed by atoms with E-state index in [9.17, 15) is 31.2 Å². The highest BCUT2D eigenvalue weighted by Crippen LogP contribution is 2.32. The van der Waals surface area contributed by atoms with Crippen molar-refractivity contribution >= 4 is 21.9 Å². The SMILES string of the molecule is NC(=O)C(OC(=O)C1CCN(S(=O)(=O)c2cccc(C(F)(F)F)c2)CC1)c1ccccc1. The second-order valence-electron chi connectivity index (χ2n) is 7.33. The second-order valence-corrected chi connectivity index (χ2v) is 9.27. The van der Waals surface area contributed by atoms with Crippen molar-refractivity contribution in [3.63, 3.8) is 0 Å². The number of hydrogen-bond donors (Lipinski definition) is 1. The van der Waals surface area contributed by atoms with Crippen LogP contribution in [0.15, 0.2) is 59.5 Å². The predicted octanol–water partition coefficient (Wildman–Crippen LogP) is 2.88. The lowest BCUT2D eigenvalue weighted by Crippen LogP contribution is -2.41. The third-order valence-corrected chi connectivity index (χ3v) is 7.08. The predicted molar refractivity (Wildman–Crippen MR) is 107 cm³/mol. The highest BCUT2D eigenvalue weighted by atomic mass is 32.2. The van der Waals surface area contributed by atoms with E-state index in [1.807, 2.05) is 0 Å². The largest absolute Gasteiger partial charge is 0.447 e. The third-order valence-electron chi connectivity index (χ3n) is 5.18. The Morgan fingerprint density at radius 1 is 1.03 bits per heavy atom. The lowest BCUT2D eigenvalue weighted by molar-refractivity contribution is -0.160. The molecule has 2 aromatic rings. The Labute approximate surface area is 183 Å². The standard InChI is InChI=1S/C21H21F3N2O5S/c22-21(23,24)16-7-4-8-17(13-16)32(29,30)26-11-9-15(10-12-26)20(28)31-18(19(25)27)14-5-2-1-3-6-14/h1-8,13,15,18H,9-12H2,(H2,25,27). The van der Waals surface area contributed by atoms with Crippen LogP contribution in [0, 0.1) is 5.92 Å². The van der Waals surface area contributed by atoms with Gasteiger partial charge in [0.15, 0.2) is 0 Å². The zero-order valence-corrected chi connectivity index (χ0v) is 17.6. The first-order valence-corrected chi connectivity index (χ1v) is 11.2. The van der Waals surface area contributed by atoms with Gasteiger partial charge < -0.3 is 10.5 Å². The van der Waals surface area contributed by atoms with Crippen LogP contribution in [0.2, 0.25) is 0 Å². The molecule has 32 heavy (non-hydrogen) atoms. The molecule has 1 unspecified atom stereocenters. The minimum absolute atomic E-state index is 0.0785. The summed E-state index contributed by atoms with van der Waals surface area (Å²) in [6.07, 6.45) is -5.75. The molecule has 11 heteroatoms. The number of benzene rings is 2. The fourth-order valence-corrected chi connectivity index (χ4v) is 4.96. The van der Waals surface area contributed by atoms with Crippen LogP contribution >= 0.6 is 0 Å². The number of primary amides is 1. The van der Waals surface area contributed by atoms with Gasteiger partial charge in [-0.3, -0.25) is 9.59 Å². The maximum atomic E-state index is 12.9. The minimum atomic E-state index is -4.67. The molecule has 7 nitrogen and oxygen atoms in total. The van der Waals surface area contributed by atoms with E-state index in [-0.39, 0.29) is 25.9 Å². The van der Waals surface area contributed by atoms with Gasteiger partial charge in [0.25, 0.3) is 5.91 Å². The van der Waals surface area contributed by atoms with Gasteiger partial charge in [-0.2, -0.15) is 17.5 Å². The molecule has 2 aromatic carbocycles. The summed E-state index contributed by atoms with van der Waals surface area (Å²) in [7, 11) is -4.17. The number of piperidine rings is 1. The number of halogens is 3. The molecule has 1 atom stereocenters. The molecule has 0 spiro atoms. The smallest absolute Gasteiger partial charge is 0.416 e. The zero-order valence-electron chi connectivity index (χ0n) is 16.8. The Bertz CT molecular complexity index is 1080. The van der Waals surface area contributed by atoms with Gasteiger partial charge in [-0.25, -0.2) is 8.42 Å². The first kappa shape index (κ1) is 23.7. The van der Waals surface area contributed by atoms with Gasteiger partial charge >= 0.3 is 12.1 Å². The van der Waals surface area contributed by atoms with Gasteiger partial charge in [0.2, 0.25) is 16.1 Å². The van der Waals surface area contributed by atoms with Crippen molar-refractivity contribution in [2.45, 2.75) is 30.0 Å². The summed E-state index contributed by atoms with van der Waals surface area (Å²) in [5.41, 5.74) is 4.70. The molecule has 0 radical (unpaired) electrons. The average molecular weight is 470 g/mol. The van der Waals surface area contributed by atoms with E-state index in [2.05, 4.69) is 0 Å². The van der Waals surface area contributed by atoms with Crippen LogP contribution in [-0.4, -0.2) is 37.7 Å². The summed E-state index contributed by atoms with van der Waals surface area (Å²) < 4.78 is 70.7. The highest BCUT2D eigenvalue weighted by Gasteiger charge is 2.36. The Kier molecular flexibility index (Phi) is 6.89. The molecule has 1 aliphatic rings. The third kappa shape index (κ3) is 5.28. The van der Waals surface area contributed by atoms with Crippen molar-refractivity contribution < 1.29 is 35.9 Å². The molecular weight excluding hydrogens is 449 g/mol. The normalized spacial score (nSPS) is 17.0. The molecule has 1 amide bonds. The number of carbonyl (C=O) groups is 2. The van der Waals surface area contributed by atoms with E-state index >= 15 is 0 Å². The molecule has 2 N–H and O–H groups in total. The molecule has 3 rings (SSSR count). The van der Waals surface area contributed by atoms with Crippen molar-refractivity contribution in [3.05, 3.63) is 65.7 Å². The van der Waals surface area contributed by atoms with Gasteiger partial charge in [0.1, 0.15) is 0 Å². The van der Waals surface area contributed by atoms with Crippen LogP contribution < -0.4 is 5.73 Å². The van der Waals surface area contributed by atoms with Gasteiger partial charge in [0, 0.05) is 18.7 Å². The highest BCUT2D eigenvalue weighted by molar-refractivity contribution is 7.89. The number of rotatable bonds is 6. The number of ether oxygens (including phenoxy) is 1. The van der Waals surface area contributed by atoms with Gasteiger partial charge in [0.05, 0.1) is 16.4 Å². The van der Waals surface area contributed by atoms with Crippen LogP contribution in [0.5, 0.6) is 0 Å². The summed E-state index contributed by atoms with van der Waals surface area (Å²) in [6.45, 7) is -0.157. The van der Waals surface area contributed by atoms with Crippen LogP contribution in [0.25, 0.3) is 0 Å². The molecular formula is C21H21F3N2O5S. The van der Waals surface area contributed by atoms with Gasteiger partial charge in [-0.05, 0) is 31.0 Å². The fourth-order valence-electron chi connectivity index (χ4n) is 3.44. The number of sulfonamides is 1. The van der Waals surface area contributed by atoms with E-state index in [4.69, 9.17) is 10.5 Å². The topological polar surface area (TPSA) is 107 Å². The van der Waals surface area contributed by atoms with Gasteiger partial charge in [-0.15, -0.1) is 0 Å². The Morgan fingerprint density at radius 3 is 2.22 bits per heavy atom. The molecule has 1 fully saturated rings. The zero-order chi connectivity index (χ0) is 23.5. The molecule has 1 aliphatic heterocycles. The molecule has 0 aromatic heterocycles. The maximum Gasteiger partial charge on any atom is 0.416 e. The summed E-state index contributed by atoms with van der Waals surface area (Å²) in [4.78, 5) is 23.8. The van der Waals surface area contributed by atoms with E-state index in [0.717, 1.165) is 22.5 Å². The lowest BCUT2D eigenvalue weighted by atomic mass is 9.98. The van der Waals surface area contributed by atoms with E-state index < -0.39 is 50.6 Å². The Hall–Kier alpha value is -2.92. The maximum absolute atomic E-state index is 12.9. The molecule has 1 saturated heterocycles. The Morgan fingerprint density at radius 2 is 1.66 bits per heavy atom. The molecule has 0 bridgehead atoms. The fraction of sp³-hybridized carbons (Fsp3) is 0.333. The van der Waals surface area contributed by atoms with Crippen LogP contribution in [-0.2, 0) is 30.5 Å². The van der Waals surface area contributed by atoms with Crippen molar-refractivity contribution in [3.8, 4) is 0 Å². The number of esters is 1. The molecule has 1 heterocycles. The Balaban J connectivity index is 1.66. The number of hydrogen-bond acceptors (Lipinski definition) is 5. The second kappa shape index (κ2) is 9.29. The molecule has 172 valence electrons. The summed E-state index contributed by atoms with van der Waals surface area (Å²) in [5.74, 6) is -2.20. The minimum Gasteiger partial charge on any atom is -0.447 e. The van der Waals surface area contributed by atoms with Crippen molar-refractivity contribution in [1.82, 2.24) is 4.31 Å². The number of amides is 1. The average Bonchev–Trinajstić information content (AvgIpc) is 2.77. The quantitative estimate of drug-likeness (QED) is 0.654. The van der Waals surface area contributed by atoms with Crippen molar-refractivity contribution in [2.24, 2.45) is 11.7 Å². The van der Waals surface area contributed by atoms with E-state index in [1.165, 1.54) is 0 Å². The summed E-state index contributed by atoms with van der Waals surface area (Å²) in [5, 5.41) is 0. The van der Waals surface area contributed by atoms with Gasteiger partial charge in [-0.1, -0.05) is 36.4 Å². The molecule has 0 aliphatic carbocycles. The van der Waals surface area contributed by atoms with Crippen LogP contribution in [0.1, 0.15) is 30.1 Å². The first-order valence-electron chi connectivity index (χ1n) is 9.72. The molecule has 0 saturated carbocycles.